The molecule has 2 heterocycles. The predicted molar refractivity (Wildman–Crippen MR) is 184 cm³/mol. The second-order valence-corrected chi connectivity index (χ2v) is 17.7. The minimum Gasteiger partial charge on any atom is -0.740 e. The Labute approximate surface area is 314 Å². The van der Waals surface area contributed by atoms with Gasteiger partial charge in [0, 0.05) is 0 Å². The van der Waals surface area contributed by atoms with Gasteiger partial charge >= 0.3 is 10.1 Å². The van der Waals surface area contributed by atoms with Crippen molar-refractivity contribution in [2.24, 2.45) is 4.99 Å². The van der Waals surface area contributed by atoms with Crippen LogP contribution in [0.3, 0.4) is 0 Å². The Morgan fingerprint density at radius 3 is 2.00 bits per heavy atom. The van der Waals surface area contributed by atoms with Gasteiger partial charge in [-0.15, -0.1) is 0 Å². The van der Waals surface area contributed by atoms with Crippen LogP contribution in [0.1, 0.15) is 5.56 Å². The highest BCUT2D eigenvalue weighted by molar-refractivity contribution is 7.87. The summed E-state index contributed by atoms with van der Waals surface area (Å²) < 4.78 is 178. The normalized spacial score (nSPS) is 14.3. The van der Waals surface area contributed by atoms with E-state index in [0.717, 1.165) is 12.1 Å². The average molecular weight is 890 g/mol. The molecule has 54 heavy (non-hydrogen) atoms. The van der Waals surface area contributed by atoms with Gasteiger partial charge in [0.05, 0.1) is 17.1 Å². The van der Waals surface area contributed by atoms with Gasteiger partial charge in [-0.1, -0.05) is 23.2 Å². The minimum absolute atomic E-state index is 0.00289. The molecule has 1 atom stereocenters. The van der Waals surface area contributed by atoms with Gasteiger partial charge < -0.3 is 34.7 Å². The number of rotatable bonds is 7. The first kappa shape index (κ1) is 39.3. The number of nitrogens with one attached hydrogen (secondary N) is 1. The molecule has 0 amide bonds. The molecule has 288 valence electrons. The average Bonchev–Trinajstić information content (AvgIpc) is 3.01. The fourth-order valence-electron chi connectivity index (χ4n) is 5.19. The summed E-state index contributed by atoms with van der Waals surface area (Å²) in [7, 11) is -21.7. The Balaban J connectivity index is 1.74. The number of nitrogens with zero attached hydrogens (tertiary/aromatic N) is 2. The third kappa shape index (κ3) is 6.77. The number of ether oxygens (including phenoxy) is 1. The fourth-order valence-corrected chi connectivity index (χ4v) is 8.92. The van der Waals surface area contributed by atoms with Crippen LogP contribution in [0.25, 0.3) is 22.6 Å². The van der Waals surface area contributed by atoms with E-state index in [9.17, 15) is 60.6 Å². The Hall–Kier alpha value is -4.39. The summed E-state index contributed by atoms with van der Waals surface area (Å²) in [6.45, 7) is 1.29. The SMILES string of the molecule is Cc1cc(OS(=O)[O-])c(N)cc1N=c1c(S(=O)(=O)O)cc2nc3c(Cl)c4c(c(Cl)c3oc-2c1S(=O)(=O)O)Nc1c(S(=O)(=O)O)cc(N)c(S(=O)(=O)O)c1O4. The number of nitrogen functional groups attached to an aromatic ring is 2. The number of halogens is 2. The molecule has 0 saturated heterocycles. The summed E-state index contributed by atoms with van der Waals surface area (Å²) >= 11 is 10.0. The second kappa shape index (κ2) is 12.8. The van der Waals surface area contributed by atoms with Crippen molar-refractivity contribution in [2.45, 2.75) is 26.5 Å². The molecule has 0 bridgehead atoms. The summed E-state index contributed by atoms with van der Waals surface area (Å²) in [4.78, 5) is 3.08. The highest BCUT2D eigenvalue weighted by Crippen LogP contribution is 2.56. The number of hydrogen-bond donors (Lipinski definition) is 7. The lowest BCUT2D eigenvalue weighted by Crippen LogP contribution is -2.24. The zero-order valence-electron chi connectivity index (χ0n) is 25.8. The molecule has 0 saturated carbocycles. The van der Waals surface area contributed by atoms with Gasteiger partial charge in [0.15, 0.2) is 38.4 Å². The first-order valence-corrected chi connectivity index (χ1v) is 21.1. The molecule has 0 radical (unpaired) electrons. The van der Waals surface area contributed by atoms with E-state index in [0.29, 0.717) is 12.1 Å². The lowest BCUT2D eigenvalue weighted by atomic mass is 10.1. The highest BCUT2D eigenvalue weighted by atomic mass is 35.5. The highest BCUT2D eigenvalue weighted by Gasteiger charge is 2.38. The van der Waals surface area contributed by atoms with Crippen LogP contribution in [0.4, 0.5) is 28.4 Å². The molecule has 3 aromatic rings. The van der Waals surface area contributed by atoms with E-state index in [4.69, 9.17) is 43.8 Å². The van der Waals surface area contributed by atoms with Crippen LogP contribution in [-0.4, -0.2) is 65.6 Å². The third-order valence-electron chi connectivity index (χ3n) is 7.33. The monoisotopic (exact) mass is 888 g/mol. The zero-order valence-corrected chi connectivity index (χ0v) is 31.3. The van der Waals surface area contributed by atoms with Gasteiger partial charge in [0.2, 0.25) is 0 Å². The number of nitrogens with two attached hydrogens (primary N) is 2. The fraction of sp³-hybridized carbons (Fsp3) is 0.0400. The van der Waals surface area contributed by atoms with Crippen molar-refractivity contribution in [3.8, 4) is 28.7 Å². The van der Waals surface area contributed by atoms with Crippen molar-refractivity contribution < 1.29 is 74.0 Å². The summed E-state index contributed by atoms with van der Waals surface area (Å²) in [5.74, 6) is -3.03. The maximum atomic E-state index is 13.0. The van der Waals surface area contributed by atoms with E-state index in [-0.39, 0.29) is 11.3 Å². The maximum Gasteiger partial charge on any atom is 0.300 e. The molecule has 6 rings (SSSR count). The van der Waals surface area contributed by atoms with Gasteiger partial charge in [-0.05, 0) is 36.8 Å². The lowest BCUT2D eigenvalue weighted by molar-refractivity contribution is 0.440. The topological polar surface area (TPSA) is 379 Å². The smallest absolute Gasteiger partial charge is 0.300 e. The van der Waals surface area contributed by atoms with Crippen LogP contribution in [0.5, 0.6) is 17.2 Å². The van der Waals surface area contributed by atoms with Crippen molar-refractivity contribution in [3.05, 3.63) is 45.2 Å². The zero-order chi connectivity index (χ0) is 40.2. The molecule has 22 nitrogen and oxygen atoms in total. The van der Waals surface area contributed by atoms with E-state index in [2.05, 4.69) is 19.5 Å². The first-order valence-electron chi connectivity index (χ1n) is 13.6. The molecular weight excluding hydrogens is 874 g/mol. The van der Waals surface area contributed by atoms with Gasteiger partial charge in [-0.3, -0.25) is 18.2 Å². The summed E-state index contributed by atoms with van der Waals surface area (Å²) in [5, 5.41) is -0.134. The predicted octanol–water partition coefficient (Wildman–Crippen LogP) is 2.95. The van der Waals surface area contributed by atoms with Gasteiger partial charge in [-0.25, -0.2) is 14.2 Å². The van der Waals surface area contributed by atoms with E-state index < -0.39 is 149 Å². The van der Waals surface area contributed by atoms with Crippen molar-refractivity contribution in [1.82, 2.24) is 4.98 Å². The number of fused-ring (bicyclic) bond motifs is 4. The van der Waals surface area contributed by atoms with Crippen LogP contribution < -0.4 is 31.1 Å². The third-order valence-corrected chi connectivity index (χ3v) is 11.9. The molecule has 0 fully saturated rings. The number of hydrogen-bond acceptors (Lipinski definition) is 18. The van der Waals surface area contributed by atoms with E-state index in [1.807, 2.05) is 0 Å². The van der Waals surface area contributed by atoms with E-state index in [1.54, 1.807) is 0 Å². The molecule has 0 aromatic heterocycles. The van der Waals surface area contributed by atoms with Crippen LogP contribution in [0, 0.1) is 6.92 Å². The van der Waals surface area contributed by atoms with Crippen molar-refractivity contribution in [3.63, 3.8) is 0 Å². The molecule has 3 aliphatic rings. The molecule has 2 aliphatic heterocycles. The molecular formula is C25H16Cl2N5O17S5-. The lowest BCUT2D eigenvalue weighted by Gasteiger charge is -2.27. The molecule has 1 aliphatic carbocycles. The molecule has 0 spiro atoms. The molecule has 3 aromatic carbocycles. The summed E-state index contributed by atoms with van der Waals surface area (Å²) in [5.41, 5.74) is 6.43. The minimum atomic E-state index is -5.65. The van der Waals surface area contributed by atoms with Crippen molar-refractivity contribution in [1.29, 1.82) is 0 Å². The largest absolute Gasteiger partial charge is 0.740 e. The van der Waals surface area contributed by atoms with Crippen LogP contribution in [0.15, 0.2) is 53.3 Å². The number of aromatic nitrogens is 1. The van der Waals surface area contributed by atoms with Crippen molar-refractivity contribution >= 4 is 115 Å². The number of benzene rings is 4. The van der Waals surface area contributed by atoms with Crippen LogP contribution >= 0.6 is 23.2 Å². The van der Waals surface area contributed by atoms with Crippen LogP contribution in [-0.2, 0) is 51.8 Å². The van der Waals surface area contributed by atoms with E-state index in [1.165, 1.54) is 6.92 Å². The molecule has 9 N–H and O–H groups in total. The number of anilines is 4. The standard InChI is InChI=1S/C25H17Cl2N5O17S5/c1-6-2-11(49-50(33)34)7(28)3-9(6)30-17-13(52(38,39)40)5-10-20(25(17)54(44,45)46)47-21-15(27)19-22(14(26)18(21)31-10)48-23-16(32-19)12(51(35,36)37)4-8(29)24(23)53(41,42)43/h2-5,32H,28-29H2,1H3,(H,33,34)(H,35,36,37)(H,38,39,40)(H,41,42,43)(H,44,45,46)/p-1. The maximum absolute atomic E-state index is 13.0. The quantitative estimate of drug-likeness (QED) is 0.0524. The second-order valence-electron chi connectivity index (χ2n) is 10.8. The Bertz CT molecular complexity index is 3060. The Morgan fingerprint density at radius 2 is 1.44 bits per heavy atom. The summed E-state index contributed by atoms with van der Waals surface area (Å²) in [6, 6.07) is 2.98. The van der Waals surface area contributed by atoms with E-state index >= 15 is 0 Å². The van der Waals surface area contributed by atoms with Gasteiger partial charge in [-0.2, -0.15) is 33.7 Å². The summed E-state index contributed by atoms with van der Waals surface area (Å²) in [6.07, 6.45) is 0. The molecule has 1 unspecified atom stereocenters. The first-order chi connectivity index (χ1) is 24.7. The molecule has 29 heteroatoms. The van der Waals surface area contributed by atoms with Gasteiger partial charge in [0.25, 0.3) is 30.4 Å². The Morgan fingerprint density at radius 1 is 0.833 bits per heavy atom. The Kier molecular flexibility index (Phi) is 9.35. The number of aryl methyl sites for hydroxylation is 1. The van der Waals surface area contributed by atoms with Gasteiger partial charge in [0.1, 0.15) is 59.1 Å². The van der Waals surface area contributed by atoms with Crippen molar-refractivity contribution in [2.75, 3.05) is 16.8 Å². The van der Waals surface area contributed by atoms with Crippen LogP contribution in [0.2, 0.25) is 10.0 Å².